The first-order chi connectivity index (χ1) is 8.84. The van der Waals surface area contributed by atoms with Crippen LogP contribution in [0.4, 0.5) is 5.69 Å². The van der Waals surface area contributed by atoms with Crippen LogP contribution < -0.4 is 10.2 Å². The fourth-order valence-electron chi connectivity index (χ4n) is 3.02. The largest absolute Gasteiger partial charge is 0.364 e. The quantitative estimate of drug-likeness (QED) is 0.877. The molecule has 96 valence electrons. The van der Waals surface area contributed by atoms with E-state index in [9.17, 15) is 4.79 Å². The number of nitrogens with one attached hydrogen (secondary N) is 1. The SMILES string of the molecule is O=C(CN1CCCc2ccccc21)C1CCNC1. The number of aryl methyl sites for hydroxylation is 1. The van der Waals surface area contributed by atoms with Gasteiger partial charge >= 0.3 is 0 Å². The number of para-hydroxylation sites is 1. The Hall–Kier alpha value is -1.35. The molecule has 3 rings (SSSR count). The highest BCUT2D eigenvalue weighted by Crippen LogP contribution is 2.26. The molecule has 1 atom stereocenters. The second kappa shape index (κ2) is 5.11. The zero-order chi connectivity index (χ0) is 12.4. The number of hydrogen-bond acceptors (Lipinski definition) is 3. The van der Waals surface area contributed by atoms with E-state index in [4.69, 9.17) is 0 Å². The Labute approximate surface area is 108 Å². The van der Waals surface area contributed by atoms with Gasteiger partial charge in [-0.05, 0) is 37.4 Å². The van der Waals surface area contributed by atoms with Crippen molar-refractivity contribution in [3.63, 3.8) is 0 Å². The molecule has 3 heteroatoms. The van der Waals surface area contributed by atoms with Crippen LogP contribution in [0.5, 0.6) is 0 Å². The van der Waals surface area contributed by atoms with Crippen LogP contribution in [0.25, 0.3) is 0 Å². The van der Waals surface area contributed by atoms with Crippen LogP contribution in [0.15, 0.2) is 24.3 Å². The van der Waals surface area contributed by atoms with E-state index in [2.05, 4.69) is 34.5 Å². The summed E-state index contributed by atoms with van der Waals surface area (Å²) in [5.74, 6) is 0.635. The van der Waals surface area contributed by atoms with Gasteiger partial charge in [-0.1, -0.05) is 18.2 Å². The van der Waals surface area contributed by atoms with Crippen LogP contribution in [0.3, 0.4) is 0 Å². The van der Waals surface area contributed by atoms with E-state index in [1.165, 1.54) is 11.3 Å². The van der Waals surface area contributed by atoms with Crippen molar-refractivity contribution in [3.8, 4) is 0 Å². The van der Waals surface area contributed by atoms with Gasteiger partial charge in [0.05, 0.1) is 6.54 Å². The first-order valence-electron chi connectivity index (χ1n) is 6.91. The molecule has 2 aliphatic heterocycles. The molecule has 0 radical (unpaired) electrons. The van der Waals surface area contributed by atoms with Crippen molar-refractivity contribution in [1.82, 2.24) is 5.32 Å². The van der Waals surface area contributed by atoms with Crippen LogP contribution in [0.1, 0.15) is 18.4 Å². The summed E-state index contributed by atoms with van der Waals surface area (Å²) in [5.41, 5.74) is 2.66. The third-order valence-corrected chi connectivity index (χ3v) is 4.07. The monoisotopic (exact) mass is 244 g/mol. The van der Waals surface area contributed by atoms with Gasteiger partial charge in [0, 0.05) is 24.7 Å². The molecule has 3 nitrogen and oxygen atoms in total. The number of ketones is 1. The highest BCUT2D eigenvalue weighted by molar-refractivity contribution is 5.86. The summed E-state index contributed by atoms with van der Waals surface area (Å²) in [6, 6.07) is 8.49. The van der Waals surface area contributed by atoms with Crippen molar-refractivity contribution >= 4 is 11.5 Å². The number of hydrogen-bond donors (Lipinski definition) is 1. The smallest absolute Gasteiger partial charge is 0.156 e. The third kappa shape index (κ3) is 2.27. The molecule has 1 saturated heterocycles. The highest BCUT2D eigenvalue weighted by atomic mass is 16.1. The maximum Gasteiger partial charge on any atom is 0.156 e. The Morgan fingerprint density at radius 3 is 3.11 bits per heavy atom. The molecule has 0 saturated carbocycles. The minimum absolute atomic E-state index is 0.235. The molecule has 0 aliphatic carbocycles. The lowest BCUT2D eigenvalue weighted by atomic mass is 9.99. The Bertz CT molecular complexity index is 438. The minimum Gasteiger partial charge on any atom is -0.364 e. The van der Waals surface area contributed by atoms with Gasteiger partial charge in [0.25, 0.3) is 0 Å². The molecule has 2 aliphatic rings. The Morgan fingerprint density at radius 1 is 1.39 bits per heavy atom. The highest BCUT2D eigenvalue weighted by Gasteiger charge is 2.25. The van der Waals surface area contributed by atoms with Gasteiger partial charge in [-0.15, -0.1) is 0 Å². The number of carbonyl (C=O) groups excluding carboxylic acids is 1. The number of benzene rings is 1. The fraction of sp³-hybridized carbons (Fsp3) is 0.533. The minimum atomic E-state index is 0.235. The maximum atomic E-state index is 12.2. The van der Waals surface area contributed by atoms with Crippen molar-refractivity contribution in [2.75, 3.05) is 31.1 Å². The summed E-state index contributed by atoms with van der Waals surface area (Å²) in [7, 11) is 0. The lowest BCUT2D eigenvalue weighted by molar-refractivity contribution is -0.121. The topological polar surface area (TPSA) is 32.3 Å². The van der Waals surface area contributed by atoms with E-state index in [0.29, 0.717) is 12.3 Å². The van der Waals surface area contributed by atoms with E-state index in [1.54, 1.807) is 0 Å². The first kappa shape index (κ1) is 11.7. The van der Waals surface area contributed by atoms with Gasteiger partial charge in [0.2, 0.25) is 0 Å². The van der Waals surface area contributed by atoms with Crippen molar-refractivity contribution in [3.05, 3.63) is 29.8 Å². The van der Waals surface area contributed by atoms with E-state index < -0.39 is 0 Å². The summed E-state index contributed by atoms with van der Waals surface area (Å²) < 4.78 is 0. The van der Waals surface area contributed by atoms with Crippen LogP contribution in [0, 0.1) is 5.92 Å². The fourth-order valence-corrected chi connectivity index (χ4v) is 3.02. The summed E-state index contributed by atoms with van der Waals surface area (Å²) in [6.07, 6.45) is 3.31. The standard InChI is InChI=1S/C15H20N2O/c18-15(13-7-8-16-10-13)11-17-9-3-5-12-4-1-2-6-14(12)17/h1-2,4,6,13,16H,3,5,7-11H2. The molecule has 0 aromatic heterocycles. The molecule has 1 aromatic carbocycles. The molecule has 18 heavy (non-hydrogen) atoms. The average Bonchev–Trinajstić information content (AvgIpc) is 2.93. The number of fused-ring (bicyclic) bond motifs is 1. The molecule has 1 aromatic rings. The number of carbonyl (C=O) groups is 1. The van der Waals surface area contributed by atoms with Gasteiger partial charge in [-0.2, -0.15) is 0 Å². The Kier molecular flexibility index (Phi) is 3.33. The van der Waals surface area contributed by atoms with E-state index in [1.807, 2.05) is 0 Å². The predicted octanol–water partition coefficient (Wildman–Crippen LogP) is 1.62. The summed E-state index contributed by atoms with van der Waals surface area (Å²) >= 11 is 0. The van der Waals surface area contributed by atoms with Crippen molar-refractivity contribution in [1.29, 1.82) is 0 Å². The summed E-state index contributed by atoms with van der Waals surface area (Å²) in [6.45, 7) is 3.47. The Morgan fingerprint density at radius 2 is 2.28 bits per heavy atom. The van der Waals surface area contributed by atoms with Crippen molar-refractivity contribution in [2.45, 2.75) is 19.3 Å². The van der Waals surface area contributed by atoms with Gasteiger partial charge in [0.15, 0.2) is 5.78 Å². The molecular formula is C15H20N2O. The zero-order valence-corrected chi connectivity index (χ0v) is 10.7. The number of rotatable bonds is 3. The van der Waals surface area contributed by atoms with Gasteiger partial charge in [-0.25, -0.2) is 0 Å². The first-order valence-corrected chi connectivity index (χ1v) is 6.91. The normalized spacial score (nSPS) is 22.9. The van der Waals surface area contributed by atoms with Crippen molar-refractivity contribution < 1.29 is 4.79 Å². The molecule has 1 fully saturated rings. The molecule has 0 bridgehead atoms. The summed E-state index contributed by atoms with van der Waals surface area (Å²) in [4.78, 5) is 14.5. The predicted molar refractivity (Wildman–Crippen MR) is 73.0 cm³/mol. The van der Waals surface area contributed by atoms with Crippen LogP contribution in [-0.2, 0) is 11.2 Å². The number of Topliss-reactive ketones (excluding diaryl/α,β-unsaturated/α-hetero) is 1. The maximum absolute atomic E-state index is 12.2. The second-order valence-corrected chi connectivity index (χ2v) is 5.31. The van der Waals surface area contributed by atoms with E-state index in [0.717, 1.165) is 38.9 Å². The molecule has 0 amide bonds. The molecule has 0 spiro atoms. The van der Waals surface area contributed by atoms with Crippen LogP contribution >= 0.6 is 0 Å². The molecule has 1 unspecified atom stereocenters. The lowest BCUT2D eigenvalue weighted by Crippen LogP contribution is -2.37. The molecular weight excluding hydrogens is 224 g/mol. The molecule has 1 N–H and O–H groups in total. The van der Waals surface area contributed by atoms with Crippen LogP contribution in [0.2, 0.25) is 0 Å². The lowest BCUT2D eigenvalue weighted by Gasteiger charge is -2.31. The summed E-state index contributed by atoms with van der Waals surface area (Å²) in [5, 5.41) is 3.27. The van der Waals surface area contributed by atoms with Gasteiger partial charge < -0.3 is 10.2 Å². The van der Waals surface area contributed by atoms with E-state index >= 15 is 0 Å². The van der Waals surface area contributed by atoms with Gasteiger partial charge in [-0.3, -0.25) is 4.79 Å². The molecule has 2 heterocycles. The third-order valence-electron chi connectivity index (χ3n) is 4.07. The second-order valence-electron chi connectivity index (χ2n) is 5.31. The average molecular weight is 244 g/mol. The zero-order valence-electron chi connectivity index (χ0n) is 10.7. The van der Waals surface area contributed by atoms with Crippen molar-refractivity contribution in [2.24, 2.45) is 5.92 Å². The number of nitrogens with zero attached hydrogens (tertiary/aromatic N) is 1. The van der Waals surface area contributed by atoms with Gasteiger partial charge in [0.1, 0.15) is 0 Å². The van der Waals surface area contributed by atoms with Crippen LogP contribution in [-0.4, -0.2) is 32.0 Å². The number of anilines is 1. The Balaban J connectivity index is 1.72. The van der Waals surface area contributed by atoms with E-state index in [-0.39, 0.29) is 5.92 Å².